The zero-order valence-electron chi connectivity index (χ0n) is 9.77. The van der Waals surface area contributed by atoms with Crippen LogP contribution in [0.1, 0.15) is 15.2 Å². The SMILES string of the molecule is COc1cccc(C(=O)NCc2ccc(Br)s2)c1. The zero-order chi connectivity index (χ0) is 13.0. The fourth-order valence-electron chi connectivity index (χ4n) is 1.48. The minimum absolute atomic E-state index is 0.0987. The number of rotatable bonds is 4. The van der Waals surface area contributed by atoms with E-state index in [2.05, 4.69) is 21.2 Å². The third kappa shape index (κ3) is 3.34. The summed E-state index contributed by atoms with van der Waals surface area (Å²) < 4.78 is 6.15. The number of nitrogens with one attached hydrogen (secondary N) is 1. The molecule has 2 aromatic rings. The van der Waals surface area contributed by atoms with Crippen molar-refractivity contribution in [2.24, 2.45) is 0 Å². The van der Waals surface area contributed by atoms with Crippen molar-refractivity contribution in [3.05, 3.63) is 50.6 Å². The van der Waals surface area contributed by atoms with Gasteiger partial charge < -0.3 is 10.1 Å². The Morgan fingerprint density at radius 2 is 2.22 bits per heavy atom. The van der Waals surface area contributed by atoms with E-state index in [1.165, 1.54) is 0 Å². The quantitative estimate of drug-likeness (QED) is 0.935. The van der Waals surface area contributed by atoms with Gasteiger partial charge in [0.15, 0.2) is 0 Å². The van der Waals surface area contributed by atoms with Crippen LogP contribution in [0.3, 0.4) is 0 Å². The molecular weight excluding hydrogens is 314 g/mol. The Hall–Kier alpha value is -1.33. The highest BCUT2D eigenvalue weighted by Crippen LogP contribution is 2.21. The Balaban J connectivity index is 1.99. The second-order valence-electron chi connectivity index (χ2n) is 3.62. The largest absolute Gasteiger partial charge is 0.497 e. The highest BCUT2D eigenvalue weighted by molar-refractivity contribution is 9.11. The average molecular weight is 326 g/mol. The van der Waals surface area contributed by atoms with Gasteiger partial charge in [-0.05, 0) is 46.3 Å². The first-order valence-electron chi connectivity index (χ1n) is 5.35. The van der Waals surface area contributed by atoms with Crippen LogP contribution in [0.4, 0.5) is 0 Å². The maximum absolute atomic E-state index is 11.9. The lowest BCUT2D eigenvalue weighted by Gasteiger charge is -2.05. The second kappa shape index (κ2) is 6.02. The number of halogens is 1. The summed E-state index contributed by atoms with van der Waals surface area (Å²) in [5.74, 6) is 0.583. The van der Waals surface area contributed by atoms with E-state index in [1.807, 2.05) is 18.2 Å². The third-order valence-corrected chi connectivity index (χ3v) is 4.01. The monoisotopic (exact) mass is 325 g/mol. The topological polar surface area (TPSA) is 38.3 Å². The molecule has 94 valence electrons. The van der Waals surface area contributed by atoms with E-state index in [0.717, 1.165) is 8.66 Å². The van der Waals surface area contributed by atoms with Crippen LogP contribution in [-0.4, -0.2) is 13.0 Å². The Kier molecular flexibility index (Phi) is 4.38. The smallest absolute Gasteiger partial charge is 0.251 e. The van der Waals surface area contributed by atoms with Crippen LogP contribution in [0.2, 0.25) is 0 Å². The van der Waals surface area contributed by atoms with E-state index >= 15 is 0 Å². The molecule has 0 atom stereocenters. The van der Waals surface area contributed by atoms with Crippen LogP contribution >= 0.6 is 27.3 Å². The standard InChI is InChI=1S/C13H12BrNO2S/c1-17-10-4-2-3-9(7-10)13(16)15-8-11-5-6-12(14)18-11/h2-7H,8H2,1H3,(H,15,16). The number of hydrogen-bond donors (Lipinski definition) is 1. The van der Waals surface area contributed by atoms with Crippen molar-refractivity contribution < 1.29 is 9.53 Å². The van der Waals surface area contributed by atoms with Gasteiger partial charge in [0, 0.05) is 10.4 Å². The molecule has 1 heterocycles. The summed E-state index contributed by atoms with van der Waals surface area (Å²) in [4.78, 5) is 13.0. The Morgan fingerprint density at radius 3 is 2.89 bits per heavy atom. The normalized spacial score (nSPS) is 10.1. The molecule has 1 aromatic carbocycles. The van der Waals surface area contributed by atoms with Gasteiger partial charge in [-0.2, -0.15) is 0 Å². The summed E-state index contributed by atoms with van der Waals surface area (Å²) in [6.07, 6.45) is 0. The first-order chi connectivity index (χ1) is 8.69. The van der Waals surface area contributed by atoms with Crippen LogP contribution in [0.15, 0.2) is 40.2 Å². The summed E-state index contributed by atoms with van der Waals surface area (Å²) in [5, 5.41) is 2.87. The number of carbonyl (C=O) groups is 1. The van der Waals surface area contributed by atoms with E-state index in [1.54, 1.807) is 36.6 Å². The molecule has 0 fully saturated rings. The number of hydrogen-bond acceptors (Lipinski definition) is 3. The molecule has 5 heteroatoms. The van der Waals surface area contributed by atoms with Crippen LogP contribution in [0, 0.1) is 0 Å². The average Bonchev–Trinajstić information content (AvgIpc) is 2.82. The first kappa shape index (κ1) is 13.1. The van der Waals surface area contributed by atoms with Gasteiger partial charge in [-0.15, -0.1) is 11.3 Å². The molecule has 0 aliphatic heterocycles. The number of amides is 1. The highest BCUT2D eigenvalue weighted by atomic mass is 79.9. The van der Waals surface area contributed by atoms with Gasteiger partial charge in [0.2, 0.25) is 0 Å². The van der Waals surface area contributed by atoms with Crippen molar-refractivity contribution in [1.82, 2.24) is 5.32 Å². The Morgan fingerprint density at radius 1 is 1.39 bits per heavy atom. The van der Waals surface area contributed by atoms with E-state index < -0.39 is 0 Å². The van der Waals surface area contributed by atoms with Crippen LogP contribution in [0.5, 0.6) is 5.75 Å². The molecule has 18 heavy (non-hydrogen) atoms. The van der Waals surface area contributed by atoms with Crippen molar-refractivity contribution in [2.75, 3.05) is 7.11 Å². The number of benzene rings is 1. The van der Waals surface area contributed by atoms with Crippen LogP contribution < -0.4 is 10.1 Å². The summed E-state index contributed by atoms with van der Waals surface area (Å²) in [7, 11) is 1.58. The fraction of sp³-hybridized carbons (Fsp3) is 0.154. The van der Waals surface area contributed by atoms with E-state index in [0.29, 0.717) is 17.9 Å². The molecule has 0 bridgehead atoms. The van der Waals surface area contributed by atoms with Gasteiger partial charge in [-0.1, -0.05) is 6.07 Å². The molecule has 1 N–H and O–H groups in total. The Bertz CT molecular complexity index is 553. The number of thiophene rings is 1. The summed E-state index contributed by atoms with van der Waals surface area (Å²) in [6.45, 7) is 0.534. The Labute approximate surface area is 118 Å². The molecule has 1 aromatic heterocycles. The minimum atomic E-state index is -0.0987. The summed E-state index contributed by atoms with van der Waals surface area (Å²) in [5.41, 5.74) is 0.602. The highest BCUT2D eigenvalue weighted by Gasteiger charge is 2.06. The minimum Gasteiger partial charge on any atom is -0.497 e. The van der Waals surface area contributed by atoms with Crippen molar-refractivity contribution in [3.8, 4) is 5.75 Å². The fourth-order valence-corrected chi connectivity index (χ4v) is 2.90. The van der Waals surface area contributed by atoms with Crippen molar-refractivity contribution in [2.45, 2.75) is 6.54 Å². The van der Waals surface area contributed by atoms with Gasteiger partial charge in [0.05, 0.1) is 17.4 Å². The van der Waals surface area contributed by atoms with Crippen LogP contribution in [0.25, 0.3) is 0 Å². The van der Waals surface area contributed by atoms with Gasteiger partial charge >= 0.3 is 0 Å². The lowest BCUT2D eigenvalue weighted by atomic mass is 10.2. The molecule has 0 saturated carbocycles. The molecule has 0 unspecified atom stereocenters. The second-order valence-corrected chi connectivity index (χ2v) is 6.17. The predicted octanol–water partition coefficient (Wildman–Crippen LogP) is 3.45. The maximum Gasteiger partial charge on any atom is 0.251 e. The number of methoxy groups -OCH3 is 1. The summed E-state index contributed by atoms with van der Waals surface area (Å²) in [6, 6.07) is 11.1. The van der Waals surface area contributed by atoms with Crippen molar-refractivity contribution >= 4 is 33.2 Å². The summed E-state index contributed by atoms with van der Waals surface area (Å²) >= 11 is 5.00. The third-order valence-electron chi connectivity index (χ3n) is 2.38. The maximum atomic E-state index is 11.9. The van der Waals surface area contributed by atoms with Crippen LogP contribution in [-0.2, 0) is 6.54 Å². The lowest BCUT2D eigenvalue weighted by molar-refractivity contribution is 0.0951. The first-order valence-corrected chi connectivity index (χ1v) is 6.96. The van der Waals surface area contributed by atoms with E-state index in [4.69, 9.17) is 4.74 Å². The van der Waals surface area contributed by atoms with Crippen molar-refractivity contribution in [1.29, 1.82) is 0 Å². The predicted molar refractivity (Wildman–Crippen MR) is 76.2 cm³/mol. The molecule has 0 aliphatic rings. The van der Waals surface area contributed by atoms with E-state index in [9.17, 15) is 4.79 Å². The molecule has 3 nitrogen and oxygen atoms in total. The van der Waals surface area contributed by atoms with E-state index in [-0.39, 0.29) is 5.91 Å². The number of ether oxygens (including phenoxy) is 1. The van der Waals surface area contributed by atoms with Gasteiger partial charge in [0.25, 0.3) is 5.91 Å². The lowest BCUT2D eigenvalue weighted by Crippen LogP contribution is -2.22. The van der Waals surface area contributed by atoms with Gasteiger partial charge in [-0.25, -0.2) is 0 Å². The van der Waals surface area contributed by atoms with Gasteiger partial charge in [-0.3, -0.25) is 4.79 Å². The molecule has 1 amide bonds. The molecule has 0 spiro atoms. The molecule has 0 aliphatic carbocycles. The van der Waals surface area contributed by atoms with Gasteiger partial charge in [0.1, 0.15) is 5.75 Å². The van der Waals surface area contributed by atoms with Crippen molar-refractivity contribution in [3.63, 3.8) is 0 Å². The molecule has 0 radical (unpaired) electrons. The zero-order valence-corrected chi connectivity index (χ0v) is 12.2. The molecular formula is C13H12BrNO2S. The molecule has 2 rings (SSSR count). The molecule has 0 saturated heterocycles. The number of carbonyl (C=O) groups excluding carboxylic acids is 1.